The van der Waals surface area contributed by atoms with E-state index in [0.717, 1.165) is 39.1 Å². The van der Waals surface area contributed by atoms with Crippen molar-refractivity contribution in [2.75, 3.05) is 0 Å². The van der Waals surface area contributed by atoms with Crippen molar-refractivity contribution in [3.63, 3.8) is 0 Å². The Balaban J connectivity index is 1.43. The summed E-state index contributed by atoms with van der Waals surface area (Å²) in [5.74, 6) is 1.42. The van der Waals surface area contributed by atoms with Crippen molar-refractivity contribution < 1.29 is 9.53 Å². The molecule has 168 valence electrons. The molecule has 1 amide bonds. The third-order valence-corrected chi connectivity index (χ3v) is 5.96. The number of para-hydroxylation sites is 2. The van der Waals surface area contributed by atoms with E-state index in [4.69, 9.17) is 4.74 Å². The molecule has 4 heteroatoms. The fourth-order valence-corrected chi connectivity index (χ4v) is 4.26. The number of H-pyrrole nitrogens is 1. The molecule has 1 heterocycles. The standard InChI is InChI=1S/C30H26N2O2/c33-30(32-20-22-10-3-1-4-11-22)19-27(28-21-31-29-17-8-7-16-26(28)29)23-12-9-15-25(18-23)34-24-13-5-2-6-14-24/h1-18,21,27,31H,19-20H2,(H,32,33). The molecule has 5 rings (SSSR count). The summed E-state index contributed by atoms with van der Waals surface area (Å²) in [6.45, 7) is 0.511. The minimum Gasteiger partial charge on any atom is -0.457 e. The van der Waals surface area contributed by atoms with Crippen molar-refractivity contribution in [2.24, 2.45) is 0 Å². The number of rotatable bonds is 8. The Morgan fingerprint density at radius 2 is 1.50 bits per heavy atom. The van der Waals surface area contributed by atoms with Gasteiger partial charge < -0.3 is 15.0 Å². The minimum atomic E-state index is -0.119. The van der Waals surface area contributed by atoms with E-state index in [0.29, 0.717) is 13.0 Å². The summed E-state index contributed by atoms with van der Waals surface area (Å²) in [4.78, 5) is 16.4. The van der Waals surface area contributed by atoms with Gasteiger partial charge >= 0.3 is 0 Å². The number of ether oxygens (including phenoxy) is 1. The van der Waals surface area contributed by atoms with Crippen LogP contribution < -0.4 is 10.1 Å². The molecular weight excluding hydrogens is 420 g/mol. The van der Waals surface area contributed by atoms with E-state index >= 15 is 0 Å². The van der Waals surface area contributed by atoms with Gasteiger partial charge in [0.25, 0.3) is 0 Å². The zero-order chi connectivity index (χ0) is 23.2. The molecule has 0 radical (unpaired) electrons. The second kappa shape index (κ2) is 10.1. The average Bonchev–Trinajstić information content (AvgIpc) is 3.31. The van der Waals surface area contributed by atoms with Gasteiger partial charge in [0.15, 0.2) is 0 Å². The van der Waals surface area contributed by atoms with Crippen LogP contribution in [-0.4, -0.2) is 10.9 Å². The molecule has 4 aromatic carbocycles. The van der Waals surface area contributed by atoms with E-state index < -0.39 is 0 Å². The Morgan fingerprint density at radius 3 is 2.32 bits per heavy atom. The molecule has 34 heavy (non-hydrogen) atoms. The lowest BCUT2D eigenvalue weighted by Gasteiger charge is -2.18. The van der Waals surface area contributed by atoms with Crippen LogP contribution in [-0.2, 0) is 11.3 Å². The molecule has 0 saturated heterocycles. The normalized spacial score (nSPS) is 11.8. The predicted octanol–water partition coefficient (Wildman–Crippen LogP) is 6.80. The van der Waals surface area contributed by atoms with Gasteiger partial charge in [0.05, 0.1) is 0 Å². The van der Waals surface area contributed by atoms with Crippen LogP contribution in [0.15, 0.2) is 115 Å². The number of carbonyl (C=O) groups is 1. The van der Waals surface area contributed by atoms with E-state index in [9.17, 15) is 4.79 Å². The molecule has 0 aliphatic rings. The van der Waals surface area contributed by atoms with Gasteiger partial charge in [-0.25, -0.2) is 0 Å². The van der Waals surface area contributed by atoms with E-state index in [1.165, 1.54) is 0 Å². The average molecular weight is 447 g/mol. The van der Waals surface area contributed by atoms with E-state index in [1.54, 1.807) is 0 Å². The van der Waals surface area contributed by atoms with Gasteiger partial charge in [-0.2, -0.15) is 0 Å². The summed E-state index contributed by atoms with van der Waals surface area (Å²) in [5.41, 5.74) is 4.28. The van der Waals surface area contributed by atoms with Crippen LogP contribution in [0.25, 0.3) is 10.9 Å². The van der Waals surface area contributed by atoms with Crippen LogP contribution in [0.3, 0.4) is 0 Å². The minimum absolute atomic E-state index is 0.00788. The summed E-state index contributed by atoms with van der Waals surface area (Å²) >= 11 is 0. The number of carbonyl (C=O) groups excluding carboxylic acids is 1. The number of benzene rings is 4. The number of hydrogen-bond donors (Lipinski definition) is 2. The first kappa shape index (κ1) is 21.5. The van der Waals surface area contributed by atoms with Gasteiger partial charge in [0, 0.05) is 36.0 Å². The van der Waals surface area contributed by atoms with Crippen molar-refractivity contribution in [2.45, 2.75) is 18.9 Å². The Kier molecular flexibility index (Phi) is 6.39. The van der Waals surface area contributed by atoms with Gasteiger partial charge in [0.1, 0.15) is 11.5 Å². The van der Waals surface area contributed by atoms with Gasteiger partial charge in [-0.05, 0) is 47.0 Å². The summed E-state index contributed by atoms with van der Waals surface area (Å²) in [6.07, 6.45) is 2.36. The molecule has 0 aliphatic carbocycles. The van der Waals surface area contributed by atoms with Gasteiger partial charge in [-0.3, -0.25) is 4.79 Å². The lowest BCUT2D eigenvalue weighted by molar-refractivity contribution is -0.121. The number of aromatic nitrogens is 1. The van der Waals surface area contributed by atoms with Crippen molar-refractivity contribution >= 4 is 16.8 Å². The Morgan fingerprint density at radius 1 is 0.794 bits per heavy atom. The smallest absolute Gasteiger partial charge is 0.221 e. The molecule has 2 N–H and O–H groups in total. The Bertz CT molecular complexity index is 1380. The zero-order valence-electron chi connectivity index (χ0n) is 18.8. The van der Waals surface area contributed by atoms with Gasteiger partial charge in [0.2, 0.25) is 5.91 Å². The SMILES string of the molecule is O=C(CC(c1cccc(Oc2ccccc2)c1)c1c[nH]c2ccccc12)NCc1ccccc1. The third-order valence-electron chi connectivity index (χ3n) is 5.96. The highest BCUT2D eigenvalue weighted by molar-refractivity contribution is 5.86. The van der Waals surface area contributed by atoms with Crippen LogP contribution in [0.2, 0.25) is 0 Å². The summed E-state index contributed by atoms with van der Waals surface area (Å²) in [5, 5.41) is 4.21. The zero-order valence-corrected chi connectivity index (χ0v) is 18.8. The second-order valence-electron chi connectivity index (χ2n) is 8.30. The topological polar surface area (TPSA) is 54.1 Å². The van der Waals surface area contributed by atoms with Crippen LogP contribution >= 0.6 is 0 Å². The first-order valence-electron chi connectivity index (χ1n) is 11.5. The Labute approximate surface area is 199 Å². The maximum absolute atomic E-state index is 13.1. The quantitative estimate of drug-likeness (QED) is 0.275. The number of fused-ring (bicyclic) bond motifs is 1. The fourth-order valence-electron chi connectivity index (χ4n) is 4.26. The molecule has 1 unspecified atom stereocenters. The van der Waals surface area contributed by atoms with E-state index in [1.807, 2.05) is 97.2 Å². The molecule has 0 fully saturated rings. The Hall–Kier alpha value is -4.31. The number of nitrogens with one attached hydrogen (secondary N) is 2. The van der Waals surface area contributed by atoms with E-state index in [-0.39, 0.29) is 11.8 Å². The van der Waals surface area contributed by atoms with Crippen molar-refractivity contribution in [3.05, 3.63) is 132 Å². The third kappa shape index (κ3) is 5.02. The first-order chi connectivity index (χ1) is 16.8. The lowest BCUT2D eigenvalue weighted by Crippen LogP contribution is -2.25. The highest BCUT2D eigenvalue weighted by Gasteiger charge is 2.22. The summed E-state index contributed by atoms with van der Waals surface area (Å²) in [7, 11) is 0. The molecule has 0 aliphatic heterocycles. The largest absolute Gasteiger partial charge is 0.457 e. The molecule has 0 spiro atoms. The molecule has 4 nitrogen and oxygen atoms in total. The number of amides is 1. The van der Waals surface area contributed by atoms with Crippen LogP contribution in [0.5, 0.6) is 11.5 Å². The van der Waals surface area contributed by atoms with Crippen molar-refractivity contribution in [3.8, 4) is 11.5 Å². The lowest BCUT2D eigenvalue weighted by atomic mass is 9.88. The number of aromatic amines is 1. The second-order valence-corrected chi connectivity index (χ2v) is 8.30. The fraction of sp³-hybridized carbons (Fsp3) is 0.100. The van der Waals surface area contributed by atoms with E-state index in [2.05, 4.69) is 28.5 Å². The van der Waals surface area contributed by atoms with Crippen molar-refractivity contribution in [1.29, 1.82) is 0 Å². The van der Waals surface area contributed by atoms with Crippen molar-refractivity contribution in [1.82, 2.24) is 10.3 Å². The predicted molar refractivity (Wildman–Crippen MR) is 136 cm³/mol. The summed E-state index contributed by atoms with van der Waals surface area (Å²) in [6, 6.07) is 35.9. The molecule has 5 aromatic rings. The molecule has 1 atom stereocenters. The van der Waals surface area contributed by atoms with Crippen LogP contribution in [0.4, 0.5) is 0 Å². The molecule has 0 bridgehead atoms. The highest BCUT2D eigenvalue weighted by Crippen LogP contribution is 2.35. The maximum Gasteiger partial charge on any atom is 0.221 e. The van der Waals surface area contributed by atoms with Gasteiger partial charge in [-0.15, -0.1) is 0 Å². The van der Waals surface area contributed by atoms with Gasteiger partial charge in [-0.1, -0.05) is 78.9 Å². The monoisotopic (exact) mass is 446 g/mol. The highest BCUT2D eigenvalue weighted by atomic mass is 16.5. The molecule has 1 aromatic heterocycles. The number of hydrogen-bond acceptors (Lipinski definition) is 2. The van der Waals surface area contributed by atoms with Crippen LogP contribution in [0, 0.1) is 0 Å². The first-order valence-corrected chi connectivity index (χ1v) is 11.5. The molecule has 0 saturated carbocycles. The summed E-state index contributed by atoms with van der Waals surface area (Å²) < 4.78 is 6.08. The van der Waals surface area contributed by atoms with Crippen LogP contribution in [0.1, 0.15) is 29.0 Å². The molecular formula is C30H26N2O2. The maximum atomic E-state index is 13.1.